The third-order valence-electron chi connectivity index (χ3n) is 5.33. The van der Waals surface area contributed by atoms with Crippen LogP contribution in [0.5, 0.6) is 0 Å². The number of carbonyl (C=O) groups is 1. The van der Waals surface area contributed by atoms with E-state index in [9.17, 15) is 27.8 Å². The van der Waals surface area contributed by atoms with Crippen LogP contribution in [0.4, 0.5) is 5.69 Å². The van der Waals surface area contributed by atoms with Crippen molar-refractivity contribution in [2.75, 3.05) is 5.01 Å². The van der Waals surface area contributed by atoms with Crippen molar-refractivity contribution in [1.82, 2.24) is 9.78 Å². The van der Waals surface area contributed by atoms with Crippen molar-refractivity contribution in [1.29, 1.82) is 0 Å². The molecule has 1 N–H and O–H groups in total. The van der Waals surface area contributed by atoms with Crippen LogP contribution < -0.4 is 119 Å². The van der Waals surface area contributed by atoms with Gasteiger partial charge in [0, 0.05) is 10.6 Å². The molecule has 1 aliphatic heterocycles. The summed E-state index contributed by atoms with van der Waals surface area (Å²) in [6.07, 6.45) is 4.65. The van der Waals surface area contributed by atoms with Crippen LogP contribution >= 0.6 is 12.0 Å². The van der Waals surface area contributed by atoms with Gasteiger partial charge in [0.1, 0.15) is 10.1 Å². The molecule has 0 saturated heterocycles. The number of nitrogens with one attached hydrogen (secondary N) is 1. The van der Waals surface area contributed by atoms with Crippen LogP contribution in [-0.4, -0.2) is 34.4 Å². The molecule has 3 aromatic rings. The number of amides is 1. The zero-order valence-corrected chi connectivity index (χ0v) is 29.2. The number of hydrogen-bond acceptors (Lipinski definition) is 10. The Kier molecular flexibility index (Phi) is 13.4. The van der Waals surface area contributed by atoms with Gasteiger partial charge in [0.2, 0.25) is 0 Å². The van der Waals surface area contributed by atoms with Crippen molar-refractivity contribution >= 4 is 45.5 Å². The van der Waals surface area contributed by atoms with Crippen molar-refractivity contribution in [3.05, 3.63) is 87.9 Å². The van der Waals surface area contributed by atoms with Crippen LogP contribution in [0.25, 0.3) is 11.8 Å². The molecule has 1 amide bonds. The maximum atomic E-state index is 12.9. The zero-order valence-electron chi connectivity index (χ0n) is 21.3. The average molecular weight is 621 g/mol. The topological polar surface area (TPSA) is 169 Å². The maximum Gasteiger partial charge on any atom is 1.00 e. The van der Waals surface area contributed by atoms with Gasteiger partial charge in [0.05, 0.1) is 45.2 Å². The second-order valence-corrected chi connectivity index (χ2v) is 9.85. The normalized spacial score (nSPS) is 14.5. The predicted octanol–water partition coefficient (Wildman–Crippen LogP) is -4.02. The van der Waals surface area contributed by atoms with Crippen molar-refractivity contribution in [3.8, 4) is 5.69 Å². The number of carbonyl (C=O) groups excluding carboxylic acids is 1. The van der Waals surface area contributed by atoms with E-state index in [0.29, 0.717) is 38.8 Å². The Morgan fingerprint density at radius 3 is 2.21 bits per heavy atom. The smallest absolute Gasteiger partial charge is 0.744 e. The van der Waals surface area contributed by atoms with Crippen molar-refractivity contribution in [2.45, 2.75) is 23.6 Å². The summed E-state index contributed by atoms with van der Waals surface area (Å²) < 4.78 is 38.9. The van der Waals surface area contributed by atoms with Crippen LogP contribution in [0.2, 0.25) is 0 Å². The number of anilines is 1. The Labute approximate surface area is 312 Å². The Morgan fingerprint density at radius 2 is 1.62 bits per heavy atom. The van der Waals surface area contributed by atoms with Gasteiger partial charge in [0.15, 0.2) is 0 Å². The number of benzene rings is 2. The van der Waals surface area contributed by atoms with Gasteiger partial charge in [-0.2, -0.15) is 14.4 Å². The Balaban J connectivity index is 0.00000267. The van der Waals surface area contributed by atoms with Crippen LogP contribution in [0.3, 0.4) is 0 Å². The summed E-state index contributed by atoms with van der Waals surface area (Å²) in [6.45, 7) is 3.37. The minimum Gasteiger partial charge on any atom is -0.744 e. The second-order valence-electron chi connectivity index (χ2n) is 7.69. The fraction of sp³-hybridized carbons (Fsp3) is 0.0870. The quantitative estimate of drug-likeness (QED) is 0.0658. The van der Waals surface area contributed by atoms with Crippen molar-refractivity contribution in [3.63, 3.8) is 0 Å². The number of hydrazone groups is 1. The van der Waals surface area contributed by atoms with Crippen LogP contribution in [0, 0.1) is 6.92 Å². The molecular formula is C23H18K2N4O8S2. The molecule has 4 rings (SSSR count). The van der Waals surface area contributed by atoms with E-state index in [1.54, 1.807) is 56.3 Å². The molecule has 0 unspecified atom stereocenters. The fourth-order valence-corrected chi connectivity index (χ4v) is 4.34. The minimum absolute atomic E-state index is 0. The molecule has 1 aliphatic rings. The molecule has 12 nitrogen and oxygen atoms in total. The summed E-state index contributed by atoms with van der Waals surface area (Å²) >= 11 is 0.726. The van der Waals surface area contributed by atoms with Crippen molar-refractivity contribution in [2.24, 2.45) is 5.10 Å². The molecule has 1 aromatic heterocycles. The Morgan fingerprint density at radius 1 is 1.00 bits per heavy atom. The number of H-pyrrole nitrogens is 1. The number of allylic oxidation sites excluding steroid dienone is 2. The first kappa shape index (κ1) is 34.7. The summed E-state index contributed by atoms with van der Waals surface area (Å²) in [5.74, 6) is -0.363. The van der Waals surface area contributed by atoms with Gasteiger partial charge in [-0.25, -0.2) is 13.1 Å². The summed E-state index contributed by atoms with van der Waals surface area (Å²) in [4.78, 5) is 26.0. The molecule has 16 heteroatoms. The van der Waals surface area contributed by atoms with Gasteiger partial charge in [-0.05, 0) is 74.5 Å². The molecule has 39 heavy (non-hydrogen) atoms. The number of aromatic nitrogens is 2. The molecule has 0 spiro atoms. The third kappa shape index (κ3) is 8.28. The zero-order chi connectivity index (χ0) is 26.7. The van der Waals surface area contributed by atoms with E-state index in [0.717, 1.165) is 24.2 Å². The van der Waals surface area contributed by atoms with E-state index in [1.807, 2.05) is 0 Å². The second kappa shape index (κ2) is 15.1. The van der Waals surface area contributed by atoms with Crippen LogP contribution in [0.15, 0.2) is 85.9 Å². The number of aromatic amines is 1. The van der Waals surface area contributed by atoms with Crippen LogP contribution in [0.1, 0.15) is 18.2 Å². The molecule has 0 fully saturated rings. The number of hydrogen-bond donors (Lipinski definition) is 1. The fourth-order valence-electron chi connectivity index (χ4n) is 3.52. The van der Waals surface area contributed by atoms with Crippen LogP contribution in [-0.2, 0) is 24.3 Å². The molecule has 2 heterocycles. The summed E-state index contributed by atoms with van der Waals surface area (Å²) in [7, 11) is -4.60. The Bertz CT molecular complexity index is 1600. The van der Waals surface area contributed by atoms with Gasteiger partial charge in [0.25, 0.3) is 11.5 Å². The summed E-state index contributed by atoms with van der Waals surface area (Å²) in [6, 6.07) is 11.5. The average Bonchev–Trinajstić information content (AvgIpc) is 3.32. The first-order chi connectivity index (χ1) is 17.6. The molecular weight excluding hydrogens is 603 g/mol. The van der Waals surface area contributed by atoms with E-state index in [1.165, 1.54) is 21.8 Å². The first-order valence-corrected chi connectivity index (χ1v) is 12.6. The predicted molar refractivity (Wildman–Crippen MR) is 131 cm³/mol. The third-order valence-corrected chi connectivity index (χ3v) is 6.77. The number of aryl methyl sites for hydroxylation is 1. The van der Waals surface area contributed by atoms with Gasteiger partial charge >= 0.3 is 103 Å². The molecule has 0 atom stereocenters. The van der Waals surface area contributed by atoms with E-state index in [2.05, 4.69) is 19.6 Å². The number of nitrogens with zero attached hydrogens (tertiary/aromatic N) is 3. The van der Waals surface area contributed by atoms with E-state index >= 15 is 0 Å². The summed E-state index contributed by atoms with van der Waals surface area (Å²) in [5.41, 5.74) is 2.12. The van der Waals surface area contributed by atoms with Gasteiger partial charge in [-0.1, -0.05) is 6.08 Å². The van der Waals surface area contributed by atoms with E-state index < -0.39 is 20.6 Å². The maximum absolute atomic E-state index is 12.9. The molecule has 0 radical (unpaired) electrons. The largest absolute Gasteiger partial charge is 1.00 e. The van der Waals surface area contributed by atoms with E-state index in [4.69, 9.17) is 0 Å². The molecule has 0 bridgehead atoms. The molecule has 0 aliphatic carbocycles. The molecule has 2 aromatic carbocycles. The SMILES string of the molecule is CC1=NN(c2ccc(SOO[O-])cc2)C(=O)C1=CC=Cc1c(C)[nH]n(-c2ccc(S(=O)(=O)[O-])cc2)c1=O.[K+].[K+]. The standard InChI is InChI=1S/C23H20N4O8S2.2K/c1-14-20(22(28)26(24-14)16-6-10-18(11-7-16)36-35-34-30)4-3-5-21-15(2)25-27(23(21)29)17-8-12-19(13-9-17)37(31,32)33;;/h3-13,25,30H,1-2H3,(H,31,32,33);;/q;2*+1/p-2. The first-order valence-electron chi connectivity index (χ1n) is 10.5. The minimum atomic E-state index is -4.60. The molecule has 192 valence electrons. The Hall–Kier alpha value is -0.517. The van der Waals surface area contributed by atoms with E-state index in [-0.39, 0.29) is 109 Å². The monoisotopic (exact) mass is 620 g/mol. The van der Waals surface area contributed by atoms with Gasteiger partial charge in [-0.3, -0.25) is 19.7 Å². The summed E-state index contributed by atoms with van der Waals surface area (Å²) in [5, 5.41) is 21.7. The van der Waals surface area contributed by atoms with Gasteiger partial charge < -0.3 is 9.81 Å². The van der Waals surface area contributed by atoms with Gasteiger partial charge in [-0.15, -0.1) is 0 Å². The number of rotatable bonds is 8. The van der Waals surface area contributed by atoms with Crippen molar-refractivity contribution < 1.29 is 135 Å². The molecule has 0 saturated carbocycles.